The van der Waals surface area contributed by atoms with E-state index in [4.69, 9.17) is 4.99 Å². The molecule has 1 aromatic rings. The molecule has 1 atom stereocenters. The molecular weight excluding hydrogens is 400 g/mol. The lowest BCUT2D eigenvalue weighted by molar-refractivity contribution is -0.814. The highest BCUT2D eigenvalue weighted by Crippen LogP contribution is 2.26. The van der Waals surface area contributed by atoms with Crippen molar-refractivity contribution < 1.29 is 26.6 Å². The largest absolute Gasteiger partial charge is 1.00 e. The van der Waals surface area contributed by atoms with E-state index in [0.29, 0.717) is 5.75 Å². The second kappa shape index (κ2) is 13.3. The number of phenols is 1. The predicted molar refractivity (Wildman–Crippen MR) is 112 cm³/mol. The molecule has 1 aliphatic rings. The maximum absolute atomic E-state index is 9.43. The molecular formula is C23H39BrN2O. The molecule has 0 aromatic heterocycles. The average molecular weight is 439 g/mol. The van der Waals surface area contributed by atoms with Gasteiger partial charge in [-0.25, -0.2) is 4.99 Å². The lowest BCUT2D eigenvalue weighted by atomic mass is 10.1. The summed E-state index contributed by atoms with van der Waals surface area (Å²) in [5.74, 6) is 1.62. The third kappa shape index (κ3) is 8.78. The van der Waals surface area contributed by atoms with Crippen molar-refractivity contribution in [2.45, 2.75) is 84.0 Å². The van der Waals surface area contributed by atoms with E-state index < -0.39 is 0 Å². The summed E-state index contributed by atoms with van der Waals surface area (Å²) in [6, 6.07) is 7.26. The number of phenolic OH excluding ortho intramolecular Hbond substituents is 1. The Hall–Kier alpha value is -0.870. The van der Waals surface area contributed by atoms with Crippen molar-refractivity contribution in [3.05, 3.63) is 24.3 Å². The third-order valence-corrected chi connectivity index (χ3v) is 5.79. The van der Waals surface area contributed by atoms with Crippen LogP contribution in [0.5, 0.6) is 5.75 Å². The standard InChI is InChI=1S/C23H38N2O.BrH/c1-3-4-5-6-7-8-9-10-11-12-19-25(2)20-13-14-23(25)24-21-15-17-22(26)18-16-21;/h15-18H,3-14,19-20H2,1-2H3;1H. The van der Waals surface area contributed by atoms with Gasteiger partial charge in [-0.15, -0.1) is 0 Å². The molecule has 4 heteroatoms. The van der Waals surface area contributed by atoms with E-state index >= 15 is 0 Å². The molecule has 0 spiro atoms. The van der Waals surface area contributed by atoms with E-state index in [2.05, 4.69) is 14.0 Å². The molecule has 0 amide bonds. The molecule has 1 aliphatic heterocycles. The minimum atomic E-state index is 0. The van der Waals surface area contributed by atoms with E-state index in [-0.39, 0.29) is 17.0 Å². The summed E-state index contributed by atoms with van der Waals surface area (Å²) in [5.41, 5.74) is 0.965. The predicted octanol–water partition coefficient (Wildman–Crippen LogP) is 3.59. The first kappa shape index (κ1) is 24.2. The molecule has 1 fully saturated rings. The van der Waals surface area contributed by atoms with Gasteiger partial charge in [0.1, 0.15) is 5.75 Å². The molecule has 1 heterocycles. The van der Waals surface area contributed by atoms with Crippen LogP contribution >= 0.6 is 0 Å². The van der Waals surface area contributed by atoms with Crippen LogP contribution in [0.15, 0.2) is 29.3 Å². The molecule has 1 unspecified atom stereocenters. The van der Waals surface area contributed by atoms with Crippen LogP contribution in [0.3, 0.4) is 0 Å². The van der Waals surface area contributed by atoms with Gasteiger partial charge in [-0.3, -0.25) is 4.48 Å². The van der Waals surface area contributed by atoms with Gasteiger partial charge in [0.15, 0.2) is 0 Å². The van der Waals surface area contributed by atoms with Gasteiger partial charge in [-0.05, 0) is 37.1 Å². The zero-order valence-corrected chi connectivity index (χ0v) is 19.0. The Morgan fingerprint density at radius 1 is 0.889 bits per heavy atom. The van der Waals surface area contributed by atoms with Crippen molar-refractivity contribution in [1.29, 1.82) is 0 Å². The molecule has 1 aromatic carbocycles. The maximum Gasteiger partial charge on any atom is 0.203 e. The Balaban J connectivity index is 0.00000364. The number of benzene rings is 1. The molecule has 0 aliphatic carbocycles. The number of nitrogens with zero attached hydrogens (tertiary/aromatic N) is 2. The Kier molecular flexibility index (Phi) is 11.9. The van der Waals surface area contributed by atoms with Gasteiger partial charge in [-0.2, -0.15) is 0 Å². The SMILES string of the molecule is CCCCCCCCCCCC[N+]1(C)CCCC1=Nc1ccc(O)cc1.[Br-]. The highest BCUT2D eigenvalue weighted by Gasteiger charge is 2.34. The Bertz CT molecular complexity index is 544. The van der Waals surface area contributed by atoms with Crippen molar-refractivity contribution in [2.24, 2.45) is 4.99 Å². The number of amidine groups is 1. The number of hydrogen-bond donors (Lipinski definition) is 1. The van der Waals surface area contributed by atoms with Gasteiger partial charge in [-0.1, -0.05) is 58.3 Å². The number of aliphatic imine (C=N–C) groups is 1. The van der Waals surface area contributed by atoms with E-state index in [9.17, 15) is 5.11 Å². The lowest BCUT2D eigenvalue weighted by Crippen LogP contribution is -3.00. The second-order valence-electron chi connectivity index (χ2n) is 8.17. The van der Waals surface area contributed by atoms with Crippen molar-refractivity contribution >= 4 is 11.5 Å². The highest BCUT2D eigenvalue weighted by molar-refractivity contribution is 5.80. The summed E-state index contributed by atoms with van der Waals surface area (Å²) >= 11 is 0. The number of likely N-dealkylation sites (tertiary alicyclic amines) is 1. The molecule has 2 rings (SSSR count). The molecule has 27 heavy (non-hydrogen) atoms. The fourth-order valence-electron chi connectivity index (χ4n) is 4.03. The summed E-state index contributed by atoms with van der Waals surface area (Å²) in [4.78, 5) is 4.89. The zero-order valence-electron chi connectivity index (χ0n) is 17.4. The third-order valence-electron chi connectivity index (χ3n) is 5.79. The summed E-state index contributed by atoms with van der Waals surface area (Å²) in [6.45, 7) is 4.71. The number of unbranched alkanes of at least 4 members (excludes halogenated alkanes) is 9. The number of halogens is 1. The summed E-state index contributed by atoms with van der Waals surface area (Å²) in [7, 11) is 2.35. The van der Waals surface area contributed by atoms with Crippen molar-refractivity contribution in [3.8, 4) is 5.75 Å². The van der Waals surface area contributed by atoms with Crippen LogP contribution in [0.25, 0.3) is 0 Å². The second-order valence-corrected chi connectivity index (χ2v) is 8.17. The first-order valence-electron chi connectivity index (χ1n) is 10.9. The van der Waals surface area contributed by atoms with Crippen molar-refractivity contribution in [2.75, 3.05) is 20.1 Å². The molecule has 0 bridgehead atoms. The van der Waals surface area contributed by atoms with Crippen LogP contribution in [0.4, 0.5) is 5.69 Å². The van der Waals surface area contributed by atoms with Crippen molar-refractivity contribution in [1.82, 2.24) is 0 Å². The van der Waals surface area contributed by atoms with Gasteiger partial charge in [0.05, 0.1) is 25.8 Å². The van der Waals surface area contributed by atoms with Crippen molar-refractivity contribution in [3.63, 3.8) is 0 Å². The smallest absolute Gasteiger partial charge is 0.203 e. The molecule has 1 N–H and O–H groups in total. The van der Waals surface area contributed by atoms with Gasteiger partial charge >= 0.3 is 0 Å². The minimum absolute atomic E-state index is 0. The average Bonchev–Trinajstić information content (AvgIpc) is 2.99. The number of aromatic hydroxyl groups is 1. The van der Waals surface area contributed by atoms with Crippen LogP contribution < -0.4 is 17.0 Å². The van der Waals surface area contributed by atoms with Gasteiger partial charge in [0, 0.05) is 12.8 Å². The summed E-state index contributed by atoms with van der Waals surface area (Å²) in [5, 5.41) is 9.43. The number of rotatable bonds is 12. The van der Waals surface area contributed by atoms with Crippen LogP contribution in [0.2, 0.25) is 0 Å². The Morgan fingerprint density at radius 2 is 1.44 bits per heavy atom. The summed E-state index contributed by atoms with van der Waals surface area (Å²) < 4.78 is 1.01. The Morgan fingerprint density at radius 3 is 2.04 bits per heavy atom. The lowest BCUT2D eigenvalue weighted by Gasteiger charge is -2.29. The quantitative estimate of drug-likeness (QED) is 0.392. The topological polar surface area (TPSA) is 32.6 Å². The van der Waals surface area contributed by atoms with Gasteiger partial charge < -0.3 is 22.1 Å². The fourth-order valence-corrected chi connectivity index (χ4v) is 4.03. The highest BCUT2D eigenvalue weighted by atomic mass is 79.9. The van der Waals surface area contributed by atoms with Crippen LogP contribution in [-0.2, 0) is 0 Å². The first-order chi connectivity index (χ1) is 12.6. The number of quaternary nitrogens is 1. The molecule has 1 saturated heterocycles. The fraction of sp³-hybridized carbons (Fsp3) is 0.696. The van der Waals surface area contributed by atoms with E-state index in [1.54, 1.807) is 12.1 Å². The van der Waals surface area contributed by atoms with E-state index in [1.165, 1.54) is 89.6 Å². The van der Waals surface area contributed by atoms with E-state index in [1.807, 2.05) is 12.1 Å². The van der Waals surface area contributed by atoms with Gasteiger partial charge in [0.2, 0.25) is 5.84 Å². The Labute approximate surface area is 177 Å². The van der Waals surface area contributed by atoms with Gasteiger partial charge in [0.25, 0.3) is 0 Å². The minimum Gasteiger partial charge on any atom is -1.00 e. The summed E-state index contributed by atoms with van der Waals surface area (Å²) in [6.07, 6.45) is 16.3. The normalized spacial score (nSPS) is 20.7. The van der Waals surface area contributed by atoms with Crippen LogP contribution in [-0.4, -0.2) is 35.6 Å². The van der Waals surface area contributed by atoms with Crippen LogP contribution in [0, 0.1) is 0 Å². The number of hydrogen-bond acceptors (Lipinski definition) is 2. The zero-order chi connectivity index (χ0) is 18.7. The molecule has 3 nitrogen and oxygen atoms in total. The van der Waals surface area contributed by atoms with E-state index in [0.717, 1.165) is 16.6 Å². The van der Waals surface area contributed by atoms with Crippen LogP contribution in [0.1, 0.15) is 84.0 Å². The monoisotopic (exact) mass is 438 g/mol. The molecule has 0 radical (unpaired) electrons. The molecule has 0 saturated carbocycles. The molecule has 154 valence electrons. The first-order valence-corrected chi connectivity index (χ1v) is 10.9. The maximum atomic E-state index is 9.43.